The summed E-state index contributed by atoms with van der Waals surface area (Å²) < 4.78 is 61.1. The second-order valence-electron chi connectivity index (χ2n) is 5.43. The number of alkyl halides is 5. The van der Waals surface area contributed by atoms with Gasteiger partial charge in [0.25, 0.3) is 0 Å². The molecule has 0 rings (SSSR count). The van der Waals surface area contributed by atoms with E-state index in [1.165, 1.54) is 0 Å². The average molecular weight is 349 g/mol. The summed E-state index contributed by atoms with van der Waals surface area (Å²) in [6.07, 6.45) is -3.20. The van der Waals surface area contributed by atoms with Gasteiger partial charge in [0.15, 0.2) is 0 Å². The van der Waals surface area contributed by atoms with Gasteiger partial charge in [-0.05, 0) is 51.4 Å². The highest BCUT2D eigenvalue weighted by Crippen LogP contribution is 2.37. The summed E-state index contributed by atoms with van der Waals surface area (Å²) in [7, 11) is 4.02. The molecule has 22 heavy (non-hydrogen) atoms. The van der Waals surface area contributed by atoms with E-state index in [-0.39, 0.29) is 6.42 Å². The molecule has 0 aromatic heterocycles. The minimum atomic E-state index is -5.78. The highest BCUT2D eigenvalue weighted by Gasteiger charge is 2.62. The quantitative estimate of drug-likeness (QED) is 0.385. The molecule has 8 heteroatoms. The Morgan fingerprint density at radius 1 is 0.909 bits per heavy atom. The average Bonchev–Trinajstić information content (AvgIpc) is 2.38. The fourth-order valence-corrected chi connectivity index (χ4v) is 2.69. The van der Waals surface area contributed by atoms with Crippen LogP contribution in [-0.2, 0) is 4.79 Å². The molecule has 0 saturated carbocycles. The number of hydrogen-bond acceptors (Lipinski definition) is 3. The van der Waals surface area contributed by atoms with Crippen molar-refractivity contribution >= 4 is 17.5 Å². The van der Waals surface area contributed by atoms with E-state index in [9.17, 15) is 26.7 Å². The molecule has 0 aliphatic heterocycles. The van der Waals surface area contributed by atoms with Crippen LogP contribution >= 0.6 is 11.8 Å². The Bertz CT molecular complexity index is 321. The SMILES string of the molecule is CN(C)CCCSCCCCCCC(=O)C(F)(F)C(F)(F)F. The monoisotopic (exact) mass is 349 g/mol. The summed E-state index contributed by atoms with van der Waals surface area (Å²) in [5.74, 6) is -5.25. The summed E-state index contributed by atoms with van der Waals surface area (Å²) in [4.78, 5) is 13.0. The highest BCUT2D eigenvalue weighted by atomic mass is 32.2. The molecular formula is C14H24F5NOS. The second kappa shape index (κ2) is 10.4. The van der Waals surface area contributed by atoms with Gasteiger partial charge in [-0.3, -0.25) is 4.79 Å². The van der Waals surface area contributed by atoms with E-state index in [2.05, 4.69) is 4.90 Å². The molecule has 0 aromatic rings. The van der Waals surface area contributed by atoms with Gasteiger partial charge in [0.1, 0.15) is 0 Å². The molecule has 0 spiro atoms. The maximum Gasteiger partial charge on any atom is 0.461 e. The molecular weight excluding hydrogens is 325 g/mol. The number of carbonyl (C=O) groups is 1. The van der Waals surface area contributed by atoms with Gasteiger partial charge >= 0.3 is 12.1 Å². The fraction of sp³-hybridized carbons (Fsp3) is 0.929. The molecule has 0 aromatic carbocycles. The van der Waals surface area contributed by atoms with Gasteiger partial charge in [-0.1, -0.05) is 12.8 Å². The standard InChI is InChI=1S/C14H24F5NOS/c1-20(2)9-7-11-22-10-6-4-3-5-8-12(21)13(15,16)14(17,18)19/h3-11H2,1-2H3. The summed E-state index contributed by atoms with van der Waals surface area (Å²) in [5.41, 5.74) is 0. The number of nitrogens with zero attached hydrogens (tertiary/aromatic N) is 1. The van der Waals surface area contributed by atoms with Crippen molar-refractivity contribution < 1.29 is 26.7 Å². The van der Waals surface area contributed by atoms with E-state index in [1.807, 2.05) is 14.1 Å². The molecule has 0 saturated heterocycles. The van der Waals surface area contributed by atoms with Gasteiger partial charge < -0.3 is 4.90 Å². The molecule has 0 aliphatic carbocycles. The number of unbranched alkanes of at least 4 members (excludes halogenated alkanes) is 3. The van der Waals surface area contributed by atoms with Crippen molar-refractivity contribution in [3.05, 3.63) is 0 Å². The van der Waals surface area contributed by atoms with E-state index >= 15 is 0 Å². The lowest BCUT2D eigenvalue weighted by Gasteiger charge is -2.17. The van der Waals surface area contributed by atoms with Crippen LogP contribution in [0.15, 0.2) is 0 Å². The lowest BCUT2D eigenvalue weighted by atomic mass is 10.1. The van der Waals surface area contributed by atoms with Crippen LogP contribution < -0.4 is 0 Å². The summed E-state index contributed by atoms with van der Waals surface area (Å²) >= 11 is 1.80. The molecule has 0 fully saturated rings. The third-order valence-electron chi connectivity index (χ3n) is 3.04. The van der Waals surface area contributed by atoms with E-state index in [0.29, 0.717) is 6.42 Å². The first kappa shape index (κ1) is 21.6. The van der Waals surface area contributed by atoms with Crippen molar-refractivity contribution in [3.63, 3.8) is 0 Å². The summed E-state index contributed by atoms with van der Waals surface area (Å²) in [5, 5.41) is 0. The normalized spacial score (nSPS) is 12.9. The van der Waals surface area contributed by atoms with Crippen LogP contribution in [0.25, 0.3) is 0 Å². The summed E-state index contributed by atoms with van der Waals surface area (Å²) in [6, 6.07) is 0. The third-order valence-corrected chi connectivity index (χ3v) is 4.20. The molecule has 0 unspecified atom stereocenters. The molecule has 0 radical (unpaired) electrons. The predicted octanol–water partition coefficient (Wildman–Crippen LogP) is 4.39. The minimum absolute atomic E-state index is 0.0792. The number of halogens is 5. The van der Waals surface area contributed by atoms with E-state index in [1.54, 1.807) is 11.8 Å². The van der Waals surface area contributed by atoms with Gasteiger partial charge in [0.05, 0.1) is 0 Å². The van der Waals surface area contributed by atoms with E-state index in [4.69, 9.17) is 0 Å². The Hall–Kier alpha value is -0.370. The Morgan fingerprint density at radius 2 is 1.45 bits per heavy atom. The fourth-order valence-electron chi connectivity index (χ4n) is 1.74. The van der Waals surface area contributed by atoms with Crippen molar-refractivity contribution in [3.8, 4) is 0 Å². The third kappa shape index (κ3) is 8.92. The number of ketones is 1. The topological polar surface area (TPSA) is 20.3 Å². The lowest BCUT2D eigenvalue weighted by molar-refractivity contribution is -0.268. The summed E-state index contributed by atoms with van der Waals surface area (Å²) in [6.45, 7) is 1.03. The lowest BCUT2D eigenvalue weighted by Crippen LogP contribution is -2.43. The highest BCUT2D eigenvalue weighted by molar-refractivity contribution is 7.99. The van der Waals surface area contributed by atoms with Gasteiger partial charge in [-0.25, -0.2) is 0 Å². The Labute approximate surface area is 132 Å². The molecule has 2 nitrogen and oxygen atoms in total. The first-order valence-corrected chi connectivity index (χ1v) is 8.45. The minimum Gasteiger partial charge on any atom is -0.309 e. The molecule has 0 heterocycles. The first-order chi connectivity index (χ1) is 10.1. The van der Waals surface area contributed by atoms with Crippen LogP contribution in [0.4, 0.5) is 22.0 Å². The second-order valence-corrected chi connectivity index (χ2v) is 6.65. The van der Waals surface area contributed by atoms with Crippen LogP contribution in [0.5, 0.6) is 0 Å². The van der Waals surface area contributed by atoms with Crippen molar-refractivity contribution in [1.82, 2.24) is 4.90 Å². The maximum atomic E-state index is 12.6. The first-order valence-electron chi connectivity index (χ1n) is 7.29. The van der Waals surface area contributed by atoms with Crippen LogP contribution in [0, 0.1) is 0 Å². The number of thioether (sulfide) groups is 1. The smallest absolute Gasteiger partial charge is 0.309 e. The van der Waals surface area contributed by atoms with Gasteiger partial charge in [0, 0.05) is 6.42 Å². The van der Waals surface area contributed by atoms with Crippen molar-refractivity contribution in [2.45, 2.75) is 50.6 Å². The molecule has 132 valence electrons. The van der Waals surface area contributed by atoms with Crippen LogP contribution in [0.1, 0.15) is 38.5 Å². The Balaban J connectivity index is 3.56. The zero-order valence-electron chi connectivity index (χ0n) is 13.0. The largest absolute Gasteiger partial charge is 0.461 e. The predicted molar refractivity (Wildman–Crippen MR) is 79.6 cm³/mol. The van der Waals surface area contributed by atoms with Crippen molar-refractivity contribution in [2.75, 3.05) is 32.1 Å². The van der Waals surface area contributed by atoms with Crippen LogP contribution in [0.2, 0.25) is 0 Å². The Kier molecular flexibility index (Phi) is 10.2. The number of hydrogen-bond donors (Lipinski definition) is 0. The van der Waals surface area contributed by atoms with Crippen LogP contribution in [0.3, 0.4) is 0 Å². The Morgan fingerprint density at radius 3 is 2.00 bits per heavy atom. The number of Topliss-reactive ketones (excluding diaryl/α,β-unsaturated/α-hetero) is 1. The molecule has 0 atom stereocenters. The molecule has 0 bridgehead atoms. The number of carbonyl (C=O) groups excluding carboxylic acids is 1. The maximum absolute atomic E-state index is 12.6. The van der Waals surface area contributed by atoms with Gasteiger partial charge in [-0.2, -0.15) is 33.7 Å². The molecule has 0 amide bonds. The molecule has 0 aliphatic rings. The van der Waals surface area contributed by atoms with Gasteiger partial charge in [0.2, 0.25) is 5.78 Å². The zero-order valence-corrected chi connectivity index (χ0v) is 13.8. The van der Waals surface area contributed by atoms with Crippen molar-refractivity contribution in [1.29, 1.82) is 0 Å². The number of rotatable bonds is 12. The van der Waals surface area contributed by atoms with Crippen LogP contribution in [-0.4, -0.2) is 54.9 Å². The van der Waals surface area contributed by atoms with E-state index in [0.717, 1.165) is 37.3 Å². The zero-order chi connectivity index (χ0) is 17.2. The van der Waals surface area contributed by atoms with Crippen molar-refractivity contribution in [2.24, 2.45) is 0 Å². The van der Waals surface area contributed by atoms with Gasteiger partial charge in [-0.15, -0.1) is 0 Å². The molecule has 0 N–H and O–H groups in total. The van der Waals surface area contributed by atoms with E-state index < -0.39 is 24.3 Å².